The summed E-state index contributed by atoms with van der Waals surface area (Å²) in [7, 11) is -4.07. The van der Waals surface area contributed by atoms with E-state index in [4.69, 9.17) is 4.74 Å². The van der Waals surface area contributed by atoms with E-state index in [0.717, 1.165) is 23.1 Å². The Morgan fingerprint density at radius 2 is 1.82 bits per heavy atom. The minimum atomic E-state index is -4.07. The lowest BCUT2D eigenvalue weighted by Gasteiger charge is -2.30. The van der Waals surface area contributed by atoms with Crippen LogP contribution in [0.2, 0.25) is 0 Å². The standard InChI is InChI=1S/C28H33N5O4S/c1-17(2)13-22-24-16-33(12-11-29-22)27(34)20-9-6-10-21(14-20)38(35,36)32-28-30-23(15-25(31-28)37-24)26-18(3)7-5-8-19(26)4/h5-10,14-15,17,22,24,29H,11-13,16H2,1-4H3,(H,30,31,32)/t22-,24+/m1/s1. The number of amides is 1. The van der Waals surface area contributed by atoms with E-state index >= 15 is 0 Å². The molecule has 38 heavy (non-hydrogen) atoms. The van der Waals surface area contributed by atoms with Crippen LogP contribution >= 0.6 is 0 Å². The maximum absolute atomic E-state index is 13.5. The zero-order valence-electron chi connectivity index (χ0n) is 22.1. The number of hydrogen-bond donors (Lipinski definition) is 2. The van der Waals surface area contributed by atoms with Gasteiger partial charge in [0.25, 0.3) is 15.9 Å². The molecule has 10 heteroatoms. The van der Waals surface area contributed by atoms with Gasteiger partial charge in [-0.25, -0.2) is 18.1 Å². The van der Waals surface area contributed by atoms with E-state index in [1.165, 1.54) is 12.1 Å². The number of rotatable bonds is 3. The normalized spacial score (nSPS) is 20.9. The predicted molar refractivity (Wildman–Crippen MR) is 146 cm³/mol. The van der Waals surface area contributed by atoms with Gasteiger partial charge in [-0.05, 0) is 55.5 Å². The molecule has 3 aromatic rings. The molecule has 1 saturated heterocycles. The summed E-state index contributed by atoms with van der Waals surface area (Å²) in [4.78, 5) is 24.3. The molecule has 2 aliphatic rings. The van der Waals surface area contributed by atoms with E-state index in [1.807, 2.05) is 32.0 Å². The van der Waals surface area contributed by atoms with Crippen LogP contribution in [0.1, 0.15) is 41.8 Å². The summed E-state index contributed by atoms with van der Waals surface area (Å²) < 4.78 is 35.7. The van der Waals surface area contributed by atoms with Gasteiger partial charge < -0.3 is 15.0 Å². The number of ether oxygens (including phenoxy) is 1. The number of aryl methyl sites for hydroxylation is 2. The first-order chi connectivity index (χ1) is 18.1. The van der Waals surface area contributed by atoms with E-state index in [-0.39, 0.29) is 28.7 Å². The number of sulfonamides is 1. The minimum Gasteiger partial charge on any atom is -0.471 e. The molecule has 3 heterocycles. The lowest BCUT2D eigenvalue weighted by atomic mass is 9.98. The van der Waals surface area contributed by atoms with Crippen molar-refractivity contribution in [3.05, 3.63) is 65.2 Å². The van der Waals surface area contributed by atoms with Gasteiger partial charge in [-0.2, -0.15) is 4.98 Å². The molecule has 0 radical (unpaired) electrons. The number of carbonyl (C=O) groups is 1. The summed E-state index contributed by atoms with van der Waals surface area (Å²) in [6, 6.07) is 13.7. The molecule has 2 aromatic carbocycles. The molecule has 0 aliphatic carbocycles. The first-order valence-corrected chi connectivity index (χ1v) is 14.4. The molecule has 1 fully saturated rings. The summed E-state index contributed by atoms with van der Waals surface area (Å²) in [5.74, 6) is 0.319. The molecule has 2 atom stereocenters. The number of hydrogen-bond acceptors (Lipinski definition) is 7. The smallest absolute Gasteiger partial charge is 0.264 e. The molecule has 1 aromatic heterocycles. The minimum absolute atomic E-state index is 0.0250. The average molecular weight is 536 g/mol. The van der Waals surface area contributed by atoms with E-state index in [2.05, 4.69) is 33.9 Å². The Hall–Kier alpha value is -3.50. The van der Waals surface area contributed by atoms with Gasteiger partial charge in [0.05, 0.1) is 17.1 Å². The molecule has 9 nitrogen and oxygen atoms in total. The molecule has 5 rings (SSSR count). The second kappa shape index (κ2) is 10.3. The first-order valence-electron chi connectivity index (χ1n) is 12.9. The fourth-order valence-corrected chi connectivity index (χ4v) is 6.18. The number of nitrogens with zero attached hydrogens (tertiary/aromatic N) is 3. The van der Waals surface area contributed by atoms with Crippen LogP contribution in [0.15, 0.2) is 53.4 Å². The molecule has 2 N–H and O–H groups in total. The zero-order chi connectivity index (χ0) is 27.0. The third kappa shape index (κ3) is 5.37. The SMILES string of the molecule is Cc1cccc(C)c1-c1cc2nc(n1)NS(=O)(=O)c1cccc(c1)C(=O)N1CCN[C@H](CC(C)C)[C@H](C1)O2. The summed E-state index contributed by atoms with van der Waals surface area (Å²) in [5.41, 5.74) is 3.75. The van der Waals surface area contributed by atoms with Crippen molar-refractivity contribution in [3.63, 3.8) is 0 Å². The Morgan fingerprint density at radius 3 is 2.55 bits per heavy atom. The monoisotopic (exact) mass is 535 g/mol. The van der Waals surface area contributed by atoms with Crippen LogP contribution in [-0.2, 0) is 10.0 Å². The molecule has 0 saturated carbocycles. The van der Waals surface area contributed by atoms with Gasteiger partial charge in [-0.15, -0.1) is 0 Å². The Balaban J connectivity index is 1.69. The predicted octanol–water partition coefficient (Wildman–Crippen LogP) is 3.78. The number of carbonyl (C=O) groups excluding carboxylic acids is 1. The Bertz CT molecular complexity index is 1450. The van der Waals surface area contributed by atoms with Gasteiger partial charge in [-0.3, -0.25) is 4.79 Å². The molecule has 0 spiro atoms. The number of fused-ring (bicyclic) bond motifs is 6. The summed E-state index contributed by atoms with van der Waals surface area (Å²) in [5, 5.41) is 3.56. The summed E-state index contributed by atoms with van der Waals surface area (Å²) >= 11 is 0. The van der Waals surface area contributed by atoms with E-state index in [0.29, 0.717) is 36.8 Å². The van der Waals surface area contributed by atoms with Gasteiger partial charge in [0.1, 0.15) is 6.10 Å². The fraction of sp³-hybridized carbons (Fsp3) is 0.393. The van der Waals surface area contributed by atoms with Crippen molar-refractivity contribution >= 4 is 21.9 Å². The van der Waals surface area contributed by atoms with Crippen LogP contribution < -0.4 is 14.8 Å². The Labute approximate surface area is 223 Å². The lowest BCUT2D eigenvalue weighted by Crippen LogP contribution is -2.46. The van der Waals surface area contributed by atoms with Crippen LogP contribution in [0.4, 0.5) is 5.95 Å². The molecular formula is C28H33N5O4S. The van der Waals surface area contributed by atoms with Crippen molar-refractivity contribution < 1.29 is 17.9 Å². The van der Waals surface area contributed by atoms with Crippen LogP contribution in [0.5, 0.6) is 5.88 Å². The number of aromatic nitrogens is 2. The molecule has 2 aliphatic heterocycles. The van der Waals surface area contributed by atoms with Crippen LogP contribution in [-0.4, -0.2) is 61.0 Å². The quantitative estimate of drug-likeness (QED) is 0.525. The second-order valence-electron chi connectivity index (χ2n) is 10.4. The molecule has 200 valence electrons. The van der Waals surface area contributed by atoms with Crippen LogP contribution in [0.25, 0.3) is 11.3 Å². The van der Waals surface area contributed by atoms with Crippen molar-refractivity contribution in [1.82, 2.24) is 20.2 Å². The van der Waals surface area contributed by atoms with Gasteiger partial charge in [-0.1, -0.05) is 38.1 Å². The van der Waals surface area contributed by atoms with E-state index in [9.17, 15) is 13.2 Å². The largest absolute Gasteiger partial charge is 0.471 e. The summed E-state index contributed by atoms with van der Waals surface area (Å²) in [6.07, 6.45) is 0.439. The van der Waals surface area contributed by atoms with Gasteiger partial charge in [0.2, 0.25) is 11.8 Å². The van der Waals surface area contributed by atoms with Crippen molar-refractivity contribution in [3.8, 4) is 17.1 Å². The van der Waals surface area contributed by atoms with E-state index < -0.39 is 16.1 Å². The van der Waals surface area contributed by atoms with Gasteiger partial charge >= 0.3 is 0 Å². The Kier molecular flexibility index (Phi) is 7.11. The van der Waals surface area contributed by atoms with Gasteiger partial charge in [0, 0.05) is 36.3 Å². The third-order valence-electron chi connectivity index (χ3n) is 6.98. The van der Waals surface area contributed by atoms with Crippen molar-refractivity contribution in [2.45, 2.75) is 51.2 Å². The molecule has 6 bridgehead atoms. The highest BCUT2D eigenvalue weighted by Crippen LogP contribution is 2.31. The van der Waals surface area contributed by atoms with Crippen LogP contribution in [0, 0.1) is 19.8 Å². The number of nitrogens with one attached hydrogen (secondary N) is 2. The maximum Gasteiger partial charge on any atom is 0.264 e. The Morgan fingerprint density at radius 1 is 1.08 bits per heavy atom. The van der Waals surface area contributed by atoms with Crippen molar-refractivity contribution in [2.24, 2.45) is 5.92 Å². The fourth-order valence-electron chi connectivity index (χ4n) is 5.19. The highest BCUT2D eigenvalue weighted by Gasteiger charge is 2.33. The average Bonchev–Trinajstić information content (AvgIpc) is 3.04. The summed E-state index contributed by atoms with van der Waals surface area (Å²) in [6.45, 7) is 9.69. The molecule has 0 unspecified atom stereocenters. The topological polar surface area (TPSA) is 114 Å². The van der Waals surface area contributed by atoms with Crippen LogP contribution in [0.3, 0.4) is 0 Å². The first kappa shape index (κ1) is 26.1. The maximum atomic E-state index is 13.5. The van der Waals surface area contributed by atoms with E-state index in [1.54, 1.807) is 23.1 Å². The molecular weight excluding hydrogens is 502 g/mol. The number of benzene rings is 2. The lowest BCUT2D eigenvalue weighted by molar-refractivity contribution is 0.0653. The van der Waals surface area contributed by atoms with Crippen molar-refractivity contribution in [2.75, 3.05) is 24.4 Å². The third-order valence-corrected chi connectivity index (χ3v) is 8.30. The highest BCUT2D eigenvalue weighted by atomic mass is 32.2. The molecule has 1 amide bonds. The highest BCUT2D eigenvalue weighted by molar-refractivity contribution is 7.92. The van der Waals surface area contributed by atoms with Crippen molar-refractivity contribution in [1.29, 1.82) is 0 Å². The number of anilines is 1. The van der Waals surface area contributed by atoms with Gasteiger partial charge in [0.15, 0.2) is 0 Å². The zero-order valence-corrected chi connectivity index (χ0v) is 22.9. The second-order valence-corrected chi connectivity index (χ2v) is 12.1.